The molecular weight excluding hydrogens is 402 g/mol. The highest BCUT2D eigenvalue weighted by atomic mass is 16.3. The molecule has 1 atom stereocenters. The van der Waals surface area contributed by atoms with Gasteiger partial charge >= 0.3 is 0 Å². The Morgan fingerprint density at radius 2 is 1.66 bits per heavy atom. The molecule has 0 spiro atoms. The average Bonchev–Trinajstić information content (AvgIpc) is 2.99. The minimum absolute atomic E-state index is 0.110. The number of amides is 1. The number of Topliss-reactive ketones (excluding diaryl/α,β-unsaturated/α-hetero) is 1. The summed E-state index contributed by atoms with van der Waals surface area (Å²) < 4.78 is 0. The molecule has 0 aliphatic carbocycles. The van der Waals surface area contributed by atoms with Crippen molar-refractivity contribution < 1.29 is 14.7 Å². The van der Waals surface area contributed by atoms with E-state index < -0.39 is 17.7 Å². The van der Waals surface area contributed by atoms with Crippen molar-refractivity contribution in [2.45, 2.75) is 26.3 Å². The zero-order valence-electron chi connectivity index (χ0n) is 19.8. The van der Waals surface area contributed by atoms with E-state index in [0.717, 1.165) is 35.3 Å². The van der Waals surface area contributed by atoms with E-state index in [1.54, 1.807) is 4.90 Å². The molecule has 1 fully saturated rings. The van der Waals surface area contributed by atoms with Crippen LogP contribution in [-0.2, 0) is 9.59 Å². The summed E-state index contributed by atoms with van der Waals surface area (Å²) >= 11 is 0. The molecule has 1 saturated heterocycles. The summed E-state index contributed by atoms with van der Waals surface area (Å²) in [6.45, 7) is 5.06. The number of aryl methyl sites for hydroxylation is 2. The first-order valence-electron chi connectivity index (χ1n) is 10.9. The lowest BCUT2D eigenvalue weighted by molar-refractivity contribution is -0.139. The van der Waals surface area contributed by atoms with Crippen molar-refractivity contribution in [1.82, 2.24) is 9.80 Å². The van der Waals surface area contributed by atoms with Gasteiger partial charge in [-0.2, -0.15) is 0 Å². The molecule has 170 valence electrons. The number of aliphatic hydroxyl groups is 1. The van der Waals surface area contributed by atoms with Gasteiger partial charge in [-0.15, -0.1) is 0 Å². The minimum atomic E-state index is -0.630. The van der Waals surface area contributed by atoms with Gasteiger partial charge in [0.2, 0.25) is 0 Å². The Morgan fingerprint density at radius 1 is 1.00 bits per heavy atom. The lowest BCUT2D eigenvalue weighted by atomic mass is 9.93. The van der Waals surface area contributed by atoms with Crippen molar-refractivity contribution in [3.05, 3.63) is 70.3 Å². The van der Waals surface area contributed by atoms with Gasteiger partial charge in [-0.3, -0.25) is 9.59 Å². The van der Waals surface area contributed by atoms with Crippen LogP contribution in [0.3, 0.4) is 0 Å². The van der Waals surface area contributed by atoms with Gasteiger partial charge < -0.3 is 19.8 Å². The van der Waals surface area contributed by atoms with Crippen LogP contribution in [0, 0.1) is 13.8 Å². The van der Waals surface area contributed by atoms with Gasteiger partial charge in [0.05, 0.1) is 11.6 Å². The van der Waals surface area contributed by atoms with Crippen LogP contribution < -0.4 is 4.90 Å². The summed E-state index contributed by atoms with van der Waals surface area (Å²) in [5, 5.41) is 11.3. The van der Waals surface area contributed by atoms with Crippen LogP contribution in [0.15, 0.2) is 48.0 Å². The summed E-state index contributed by atoms with van der Waals surface area (Å²) in [7, 11) is 7.88. The van der Waals surface area contributed by atoms with Crippen LogP contribution in [0.1, 0.15) is 34.7 Å². The van der Waals surface area contributed by atoms with E-state index in [1.807, 2.05) is 94.3 Å². The third-order valence-electron chi connectivity index (χ3n) is 5.92. The number of rotatable bonds is 7. The Labute approximate surface area is 190 Å². The smallest absolute Gasteiger partial charge is 0.295 e. The quantitative estimate of drug-likeness (QED) is 0.408. The van der Waals surface area contributed by atoms with Crippen molar-refractivity contribution in [2.75, 3.05) is 46.2 Å². The fourth-order valence-corrected chi connectivity index (χ4v) is 4.11. The Hall–Kier alpha value is -3.12. The molecule has 0 radical (unpaired) electrons. The van der Waals surface area contributed by atoms with Gasteiger partial charge in [-0.25, -0.2) is 0 Å². The lowest BCUT2D eigenvalue weighted by Crippen LogP contribution is -2.32. The zero-order chi connectivity index (χ0) is 23.6. The molecule has 6 nitrogen and oxygen atoms in total. The third kappa shape index (κ3) is 4.70. The number of nitrogens with zero attached hydrogens (tertiary/aromatic N) is 3. The standard InChI is InChI=1S/C26H33N3O3/c1-17-8-9-18(2)21(16-17)24(30)22-23(19-10-12-20(13-11-19)28(5)6)29(26(32)25(22)31)15-7-14-27(3)4/h8-13,16,23,30H,7,14-15H2,1-6H3/b24-22+. The fourth-order valence-electron chi connectivity index (χ4n) is 4.11. The average molecular weight is 436 g/mol. The van der Waals surface area contributed by atoms with Gasteiger partial charge in [-0.1, -0.05) is 29.8 Å². The highest BCUT2D eigenvalue weighted by molar-refractivity contribution is 6.46. The molecule has 0 bridgehead atoms. The van der Waals surface area contributed by atoms with Crippen LogP contribution in [0.4, 0.5) is 5.69 Å². The SMILES string of the molecule is Cc1ccc(C)c(/C(O)=C2\C(=O)C(=O)N(CCCN(C)C)C2c2ccc(N(C)C)cc2)c1. The molecule has 1 amide bonds. The van der Waals surface area contributed by atoms with E-state index >= 15 is 0 Å². The fraction of sp³-hybridized carbons (Fsp3) is 0.385. The Morgan fingerprint density at radius 3 is 2.25 bits per heavy atom. The summed E-state index contributed by atoms with van der Waals surface area (Å²) in [6.07, 6.45) is 0.732. The number of likely N-dealkylation sites (tertiary alicyclic amines) is 1. The van der Waals surface area contributed by atoms with Crippen molar-refractivity contribution in [1.29, 1.82) is 0 Å². The van der Waals surface area contributed by atoms with Gasteiger partial charge in [0.15, 0.2) is 0 Å². The second kappa shape index (κ2) is 9.57. The number of carbonyl (C=O) groups is 2. The highest BCUT2D eigenvalue weighted by Crippen LogP contribution is 2.40. The van der Waals surface area contributed by atoms with Gasteiger partial charge in [-0.05, 0) is 70.2 Å². The molecule has 3 rings (SSSR count). The maximum Gasteiger partial charge on any atom is 0.295 e. The van der Waals surface area contributed by atoms with Gasteiger partial charge in [0.1, 0.15) is 5.76 Å². The Kier molecular flexibility index (Phi) is 7.04. The first-order valence-corrected chi connectivity index (χ1v) is 10.9. The Balaban J connectivity index is 2.13. The molecular formula is C26H33N3O3. The maximum absolute atomic E-state index is 13.2. The van der Waals surface area contributed by atoms with E-state index in [9.17, 15) is 14.7 Å². The van der Waals surface area contributed by atoms with Crippen LogP contribution in [0.5, 0.6) is 0 Å². The summed E-state index contributed by atoms with van der Waals surface area (Å²) in [4.78, 5) is 31.8. The predicted molar refractivity (Wildman–Crippen MR) is 129 cm³/mol. The summed E-state index contributed by atoms with van der Waals surface area (Å²) in [6, 6.07) is 12.9. The van der Waals surface area contributed by atoms with Crippen LogP contribution in [-0.4, -0.2) is 67.9 Å². The molecule has 0 aromatic heterocycles. The number of aliphatic hydroxyl groups excluding tert-OH is 1. The van der Waals surface area contributed by atoms with Crippen molar-refractivity contribution >= 4 is 23.1 Å². The number of benzene rings is 2. The molecule has 0 saturated carbocycles. The predicted octanol–water partition coefficient (Wildman–Crippen LogP) is 3.74. The molecule has 1 N–H and O–H groups in total. The zero-order valence-corrected chi connectivity index (χ0v) is 19.8. The van der Waals surface area contributed by atoms with Crippen molar-refractivity contribution in [3.8, 4) is 0 Å². The molecule has 1 heterocycles. The van der Waals surface area contributed by atoms with Crippen molar-refractivity contribution in [3.63, 3.8) is 0 Å². The van der Waals surface area contributed by atoms with E-state index in [2.05, 4.69) is 0 Å². The topological polar surface area (TPSA) is 64.1 Å². The molecule has 1 aliphatic rings. The monoisotopic (exact) mass is 435 g/mol. The second-order valence-corrected chi connectivity index (χ2v) is 8.95. The molecule has 1 aliphatic heterocycles. The second-order valence-electron chi connectivity index (χ2n) is 8.95. The summed E-state index contributed by atoms with van der Waals surface area (Å²) in [5.74, 6) is -1.30. The van der Waals surface area contributed by atoms with Gasteiger partial charge in [0, 0.05) is 31.9 Å². The van der Waals surface area contributed by atoms with E-state index in [-0.39, 0.29) is 11.3 Å². The third-order valence-corrected chi connectivity index (χ3v) is 5.92. The normalized spacial score (nSPS) is 18.0. The largest absolute Gasteiger partial charge is 0.507 e. The van der Waals surface area contributed by atoms with E-state index in [1.165, 1.54) is 0 Å². The number of hydrogen-bond donors (Lipinski definition) is 1. The maximum atomic E-state index is 13.2. The molecule has 2 aromatic rings. The number of hydrogen-bond acceptors (Lipinski definition) is 5. The van der Waals surface area contributed by atoms with E-state index in [4.69, 9.17) is 0 Å². The molecule has 1 unspecified atom stereocenters. The number of anilines is 1. The first-order chi connectivity index (χ1) is 15.1. The minimum Gasteiger partial charge on any atom is -0.507 e. The highest BCUT2D eigenvalue weighted by Gasteiger charge is 2.45. The Bertz CT molecular complexity index is 1040. The van der Waals surface area contributed by atoms with Crippen molar-refractivity contribution in [2.24, 2.45) is 0 Å². The van der Waals surface area contributed by atoms with E-state index in [0.29, 0.717) is 12.1 Å². The van der Waals surface area contributed by atoms with Crippen LogP contribution in [0.25, 0.3) is 5.76 Å². The first kappa shape index (κ1) is 23.5. The van der Waals surface area contributed by atoms with Crippen LogP contribution in [0.2, 0.25) is 0 Å². The number of carbonyl (C=O) groups excluding carboxylic acids is 2. The van der Waals surface area contributed by atoms with Gasteiger partial charge in [0.25, 0.3) is 11.7 Å². The van der Waals surface area contributed by atoms with Crippen LogP contribution >= 0.6 is 0 Å². The lowest BCUT2D eigenvalue weighted by Gasteiger charge is -2.26. The molecule has 6 heteroatoms. The molecule has 32 heavy (non-hydrogen) atoms. The summed E-state index contributed by atoms with van der Waals surface area (Å²) in [5.41, 5.74) is 4.41. The number of ketones is 1. The molecule has 2 aromatic carbocycles.